The highest BCUT2D eigenvalue weighted by Gasteiger charge is 2.40. The van der Waals surface area contributed by atoms with Crippen molar-refractivity contribution in [2.75, 3.05) is 26.3 Å². The molecule has 0 saturated heterocycles. The van der Waals surface area contributed by atoms with Gasteiger partial charge < -0.3 is 19.3 Å². The van der Waals surface area contributed by atoms with Gasteiger partial charge in [0.05, 0.1) is 38.1 Å². The molecule has 48 heavy (non-hydrogen) atoms. The van der Waals surface area contributed by atoms with Crippen molar-refractivity contribution in [2.45, 2.75) is 119 Å². The van der Waals surface area contributed by atoms with Crippen LogP contribution in [0.25, 0.3) is 0 Å². The van der Waals surface area contributed by atoms with E-state index in [0.29, 0.717) is 38.1 Å². The van der Waals surface area contributed by atoms with E-state index in [2.05, 4.69) is 81.4 Å². The Balaban J connectivity index is 0.000000260. The van der Waals surface area contributed by atoms with Gasteiger partial charge in [-0.25, -0.2) is 0 Å². The van der Waals surface area contributed by atoms with E-state index in [1.807, 2.05) is 34.1 Å². The number of benzene rings is 2. The number of carbonyl (C=O) groups excluding carboxylic acids is 4. The van der Waals surface area contributed by atoms with Crippen molar-refractivity contribution < 1.29 is 28.7 Å². The molecule has 8 heteroatoms. The van der Waals surface area contributed by atoms with Crippen LogP contribution in [0.2, 0.25) is 0 Å². The minimum absolute atomic E-state index is 0.00196. The fourth-order valence-electron chi connectivity index (χ4n) is 6.33. The van der Waals surface area contributed by atoms with E-state index in [9.17, 15) is 19.2 Å². The average molecular weight is 663 g/mol. The highest BCUT2D eigenvalue weighted by Crippen LogP contribution is 2.40. The molecule has 0 radical (unpaired) electrons. The molecule has 0 N–H and O–H groups in total. The SMILES string of the molecule is CCOC(=O)CC1c2cc(C(C)(C)C)ccc2C(=O)N1CC(C)C.CCOC(=O)CC1c2ccc(C(C)(C)C)cc2C(=O)N1CC(C)C. The number of rotatable bonds is 10. The van der Waals surface area contributed by atoms with Gasteiger partial charge >= 0.3 is 11.9 Å². The standard InChI is InChI=1S/2C20H29NO3/c1-7-24-18(22)11-17-16-10-14(20(4,5)6)8-9-15(16)19(23)21(17)12-13(2)3;1-7-24-18(22)11-17-15-9-8-14(20(4,5)6)10-16(15)19(23)21(17)12-13(2)3/h2*8-10,13,17H,7,11-12H2,1-6H3. The lowest BCUT2D eigenvalue weighted by molar-refractivity contribution is -0.145. The summed E-state index contributed by atoms with van der Waals surface area (Å²) in [6, 6.07) is 11.7. The smallest absolute Gasteiger partial charge is 0.308 e. The van der Waals surface area contributed by atoms with Crippen LogP contribution in [0.4, 0.5) is 0 Å². The van der Waals surface area contributed by atoms with Gasteiger partial charge in [-0.15, -0.1) is 0 Å². The summed E-state index contributed by atoms with van der Waals surface area (Å²) in [4.78, 5) is 53.5. The fourth-order valence-corrected chi connectivity index (χ4v) is 6.33. The third-order valence-electron chi connectivity index (χ3n) is 8.74. The van der Waals surface area contributed by atoms with Gasteiger partial charge in [0.2, 0.25) is 0 Å². The van der Waals surface area contributed by atoms with Gasteiger partial charge in [-0.2, -0.15) is 0 Å². The van der Waals surface area contributed by atoms with Crippen molar-refractivity contribution >= 4 is 23.8 Å². The summed E-state index contributed by atoms with van der Waals surface area (Å²) in [6.45, 7) is 26.8. The van der Waals surface area contributed by atoms with Crippen LogP contribution in [-0.4, -0.2) is 59.9 Å². The van der Waals surface area contributed by atoms with Crippen LogP contribution in [-0.2, 0) is 29.9 Å². The number of hydrogen-bond acceptors (Lipinski definition) is 6. The molecule has 0 bridgehead atoms. The Morgan fingerprint density at radius 3 is 1.50 bits per heavy atom. The molecule has 0 fully saturated rings. The maximum absolute atomic E-state index is 12.9. The maximum atomic E-state index is 12.9. The first-order chi connectivity index (χ1) is 22.3. The van der Waals surface area contributed by atoms with Crippen molar-refractivity contribution in [2.24, 2.45) is 11.8 Å². The molecule has 2 aromatic rings. The van der Waals surface area contributed by atoms with Crippen molar-refractivity contribution in [3.63, 3.8) is 0 Å². The van der Waals surface area contributed by atoms with Crippen LogP contribution in [0.3, 0.4) is 0 Å². The second-order valence-electron chi connectivity index (χ2n) is 15.9. The monoisotopic (exact) mass is 662 g/mol. The topological polar surface area (TPSA) is 93.2 Å². The summed E-state index contributed by atoms with van der Waals surface area (Å²) in [5.74, 6) is 0.229. The number of ether oxygens (including phenoxy) is 2. The van der Waals surface area contributed by atoms with Gasteiger partial charge in [0, 0.05) is 24.2 Å². The van der Waals surface area contributed by atoms with Gasteiger partial charge in [-0.1, -0.05) is 93.5 Å². The number of nitrogens with zero attached hydrogens (tertiary/aromatic N) is 2. The van der Waals surface area contributed by atoms with Crippen LogP contribution in [0.15, 0.2) is 36.4 Å². The van der Waals surface area contributed by atoms with Crippen molar-refractivity contribution in [3.8, 4) is 0 Å². The van der Waals surface area contributed by atoms with E-state index in [1.165, 1.54) is 5.56 Å². The Kier molecular flexibility index (Phi) is 12.7. The van der Waals surface area contributed by atoms with E-state index in [1.54, 1.807) is 13.8 Å². The number of hydrogen-bond donors (Lipinski definition) is 0. The van der Waals surface area contributed by atoms with Gasteiger partial charge in [0.1, 0.15) is 0 Å². The lowest BCUT2D eigenvalue weighted by atomic mass is 9.84. The zero-order valence-electron chi connectivity index (χ0n) is 31.4. The molecule has 2 aliphatic heterocycles. The Bertz CT molecular complexity index is 1470. The highest BCUT2D eigenvalue weighted by atomic mass is 16.5. The largest absolute Gasteiger partial charge is 0.466 e. The van der Waals surface area contributed by atoms with E-state index in [-0.39, 0.29) is 59.5 Å². The first kappa shape index (κ1) is 38.8. The molecule has 264 valence electrons. The Labute approximate surface area is 288 Å². The molecule has 2 atom stereocenters. The Morgan fingerprint density at radius 1 is 0.646 bits per heavy atom. The van der Waals surface area contributed by atoms with Gasteiger partial charge in [0.25, 0.3) is 11.8 Å². The summed E-state index contributed by atoms with van der Waals surface area (Å²) in [6.07, 6.45) is 0.432. The van der Waals surface area contributed by atoms with E-state index in [4.69, 9.17) is 9.47 Å². The van der Waals surface area contributed by atoms with E-state index >= 15 is 0 Å². The van der Waals surface area contributed by atoms with Gasteiger partial charge in [-0.05, 0) is 70.9 Å². The second-order valence-corrected chi connectivity index (χ2v) is 15.9. The van der Waals surface area contributed by atoms with Gasteiger partial charge in [-0.3, -0.25) is 19.2 Å². The van der Waals surface area contributed by atoms with Crippen molar-refractivity contribution in [1.29, 1.82) is 0 Å². The molecule has 0 spiro atoms. The lowest BCUT2D eigenvalue weighted by Crippen LogP contribution is -2.33. The third-order valence-corrected chi connectivity index (χ3v) is 8.74. The highest BCUT2D eigenvalue weighted by molar-refractivity contribution is 6.00. The van der Waals surface area contributed by atoms with Crippen molar-refractivity contribution in [3.05, 3.63) is 69.8 Å². The third kappa shape index (κ3) is 9.26. The second kappa shape index (κ2) is 15.7. The first-order valence-electron chi connectivity index (χ1n) is 17.5. The van der Waals surface area contributed by atoms with Crippen LogP contribution < -0.4 is 0 Å². The van der Waals surface area contributed by atoms with Gasteiger partial charge in [0.15, 0.2) is 0 Å². The summed E-state index contributed by atoms with van der Waals surface area (Å²) < 4.78 is 10.2. The minimum atomic E-state index is -0.253. The van der Waals surface area contributed by atoms with E-state index < -0.39 is 0 Å². The number of fused-ring (bicyclic) bond motifs is 2. The zero-order valence-corrected chi connectivity index (χ0v) is 31.4. The summed E-state index contributed by atoms with van der Waals surface area (Å²) in [7, 11) is 0. The summed E-state index contributed by atoms with van der Waals surface area (Å²) in [5, 5.41) is 0. The molecule has 2 heterocycles. The maximum Gasteiger partial charge on any atom is 0.308 e. The van der Waals surface area contributed by atoms with Crippen molar-refractivity contribution in [1.82, 2.24) is 9.80 Å². The first-order valence-corrected chi connectivity index (χ1v) is 17.5. The predicted molar refractivity (Wildman–Crippen MR) is 190 cm³/mol. The molecule has 2 unspecified atom stereocenters. The normalized spacial score (nSPS) is 17.4. The fraction of sp³-hybridized carbons (Fsp3) is 0.600. The summed E-state index contributed by atoms with van der Waals surface area (Å²) >= 11 is 0. The van der Waals surface area contributed by atoms with Crippen LogP contribution >= 0.6 is 0 Å². The minimum Gasteiger partial charge on any atom is -0.466 e. The number of carbonyl (C=O) groups is 4. The molecule has 2 aliphatic rings. The molecular weight excluding hydrogens is 604 g/mol. The molecule has 2 amide bonds. The van der Waals surface area contributed by atoms with E-state index in [0.717, 1.165) is 27.8 Å². The summed E-state index contributed by atoms with van der Waals surface area (Å²) in [5.41, 5.74) is 5.65. The molecule has 8 nitrogen and oxygen atoms in total. The van der Waals surface area contributed by atoms with Crippen LogP contribution in [0, 0.1) is 11.8 Å². The van der Waals surface area contributed by atoms with Crippen LogP contribution in [0.1, 0.15) is 151 Å². The molecular formula is C40H58N2O6. The Hall–Kier alpha value is -3.68. The quantitative estimate of drug-likeness (QED) is 0.238. The molecule has 4 rings (SSSR count). The zero-order chi connectivity index (χ0) is 36.1. The number of esters is 2. The van der Waals surface area contributed by atoms with Crippen LogP contribution in [0.5, 0.6) is 0 Å². The predicted octanol–water partition coefficient (Wildman–Crippen LogP) is 8.18. The lowest BCUT2D eigenvalue weighted by Gasteiger charge is -2.27. The molecule has 0 aromatic heterocycles. The average Bonchev–Trinajstić information content (AvgIpc) is 3.37. The molecule has 2 aromatic carbocycles. The number of amides is 2. The molecule has 0 aliphatic carbocycles. The molecule has 0 saturated carbocycles. The Morgan fingerprint density at radius 2 is 1.06 bits per heavy atom.